The Bertz CT molecular complexity index is 2250. The van der Waals surface area contributed by atoms with Crippen molar-refractivity contribution < 1.29 is 71.7 Å². The molecule has 6 aliphatic rings. The summed E-state index contributed by atoms with van der Waals surface area (Å²) < 4.78 is 65.2. The number of nitrogens with one attached hydrogen (secondary N) is 1. The molecule has 1 amide bonds. The molecule has 17 nitrogen and oxygen atoms in total. The predicted octanol–water partition coefficient (Wildman–Crippen LogP) is 4.25. The standard InChI is InChI=1S/C48H60FN3O14/c1-25-31(61-43(56)37(54)36(35-30(49)15-12-19-50-35)51-44(57)66-45(4,5)6)21-47(58)26(2)34(25)38-40(63-33(62-38)22-52-20-17-29(52)23-59-8)46(7)18-16-32-48(24-60-32,65-27(3)53)39(46)41(47)64-42(55)28-13-10-9-11-14-28/h9-15,19,29,31-33,36-41,54,58H,2,16-18,20-24H2,1,3-8H3,(H,51,57)/t29-,31+,32-,33-,36+,37-,38-,39+,40-,41+,46-,47+,48+/m1/s1. The molecule has 66 heavy (non-hydrogen) atoms. The third kappa shape index (κ3) is 8.54. The molecule has 18 heteroatoms. The summed E-state index contributed by atoms with van der Waals surface area (Å²) in [5.41, 5.74) is -5.24. The van der Waals surface area contributed by atoms with E-state index in [9.17, 15) is 29.4 Å². The number of hydrogen-bond acceptors (Lipinski definition) is 16. The lowest BCUT2D eigenvalue weighted by molar-refractivity contribution is -0.337. The Hall–Kier alpha value is -4.82. The van der Waals surface area contributed by atoms with Gasteiger partial charge in [-0.05, 0) is 87.9 Å². The summed E-state index contributed by atoms with van der Waals surface area (Å²) in [4.78, 5) is 61.2. The average molecular weight is 922 g/mol. The van der Waals surface area contributed by atoms with Crippen LogP contribution in [-0.2, 0) is 47.5 Å². The highest BCUT2D eigenvalue weighted by Crippen LogP contribution is 2.64. The zero-order valence-corrected chi connectivity index (χ0v) is 38.3. The van der Waals surface area contributed by atoms with Crippen molar-refractivity contribution in [1.82, 2.24) is 15.2 Å². The number of methoxy groups -OCH3 is 1. The maximum Gasteiger partial charge on any atom is 0.408 e. The lowest BCUT2D eigenvalue weighted by atomic mass is 9.48. The van der Waals surface area contributed by atoms with Crippen molar-refractivity contribution in [3.8, 4) is 0 Å². The smallest absolute Gasteiger partial charge is 0.408 e. The maximum absolute atomic E-state index is 15.4. The third-order valence-electron chi connectivity index (χ3n) is 14.2. The van der Waals surface area contributed by atoms with E-state index < -0.39 is 119 Å². The van der Waals surface area contributed by atoms with Crippen LogP contribution < -0.4 is 5.32 Å². The van der Waals surface area contributed by atoms with E-state index in [4.69, 9.17) is 37.9 Å². The summed E-state index contributed by atoms with van der Waals surface area (Å²) in [6.45, 7) is 15.8. The van der Waals surface area contributed by atoms with Gasteiger partial charge in [0.2, 0.25) is 0 Å². The number of halogens is 1. The lowest BCUT2D eigenvalue weighted by Crippen LogP contribution is -2.78. The van der Waals surface area contributed by atoms with Crippen molar-refractivity contribution >= 4 is 24.0 Å². The Kier molecular flexibility index (Phi) is 13.0. The molecular weight excluding hydrogens is 862 g/mol. The molecule has 4 heterocycles. The summed E-state index contributed by atoms with van der Waals surface area (Å²) in [7, 11) is 1.64. The number of rotatable bonds is 12. The number of fused-ring (bicyclic) bond motifs is 8. The Labute approximate surface area is 382 Å². The summed E-state index contributed by atoms with van der Waals surface area (Å²) in [5, 5.41) is 27.7. The van der Waals surface area contributed by atoms with Gasteiger partial charge < -0.3 is 53.4 Å². The van der Waals surface area contributed by atoms with Crippen molar-refractivity contribution in [2.24, 2.45) is 11.3 Å². The van der Waals surface area contributed by atoms with E-state index in [1.54, 1.807) is 65.1 Å². The lowest BCUT2D eigenvalue weighted by Gasteiger charge is -2.66. The van der Waals surface area contributed by atoms with E-state index >= 15 is 4.39 Å². The number of ether oxygens (including phenoxy) is 8. The van der Waals surface area contributed by atoms with Gasteiger partial charge >= 0.3 is 24.0 Å². The van der Waals surface area contributed by atoms with Gasteiger partial charge in [0.25, 0.3) is 0 Å². The van der Waals surface area contributed by atoms with Crippen LogP contribution in [0.5, 0.6) is 0 Å². The van der Waals surface area contributed by atoms with Crippen LogP contribution in [0.1, 0.15) is 89.3 Å². The summed E-state index contributed by atoms with van der Waals surface area (Å²) >= 11 is 0. The fourth-order valence-electron chi connectivity index (χ4n) is 11.0. The van der Waals surface area contributed by atoms with Crippen LogP contribution in [0.15, 0.2) is 72.0 Å². The Morgan fingerprint density at radius 3 is 2.45 bits per heavy atom. The van der Waals surface area contributed by atoms with Crippen LogP contribution in [0.25, 0.3) is 0 Å². The molecule has 13 atom stereocenters. The number of aliphatic hydroxyl groups excluding tert-OH is 1. The molecule has 5 fully saturated rings. The van der Waals surface area contributed by atoms with Gasteiger partial charge in [0, 0.05) is 51.2 Å². The molecule has 2 aromatic rings. The fraction of sp³-hybridized carbons (Fsp3) is 0.604. The molecule has 358 valence electrons. The molecule has 0 spiro atoms. The number of aromatic nitrogens is 1. The Balaban J connectivity index is 1.24. The zero-order chi connectivity index (χ0) is 47.5. The first-order valence-corrected chi connectivity index (χ1v) is 22.4. The van der Waals surface area contributed by atoms with Crippen LogP contribution in [0.4, 0.5) is 9.18 Å². The highest BCUT2D eigenvalue weighted by atomic mass is 19.1. The van der Waals surface area contributed by atoms with Gasteiger partial charge in [-0.1, -0.05) is 31.7 Å². The quantitative estimate of drug-likeness (QED) is 0.201. The number of hydrogen-bond donors (Lipinski definition) is 3. The molecule has 3 aliphatic carbocycles. The van der Waals surface area contributed by atoms with Gasteiger partial charge in [-0.2, -0.15) is 0 Å². The number of esters is 3. The third-order valence-corrected chi connectivity index (χ3v) is 14.2. The van der Waals surface area contributed by atoms with Gasteiger partial charge in [0.1, 0.15) is 53.2 Å². The topological polar surface area (TPSA) is 211 Å². The monoisotopic (exact) mass is 921 g/mol. The Morgan fingerprint density at radius 2 is 1.83 bits per heavy atom. The minimum Gasteiger partial charge on any atom is -0.456 e. The average Bonchev–Trinajstić information content (AvgIpc) is 3.67. The Morgan fingerprint density at radius 1 is 1.09 bits per heavy atom. The summed E-state index contributed by atoms with van der Waals surface area (Å²) in [6, 6.07) is 8.90. The second-order valence-electron chi connectivity index (χ2n) is 19.6. The van der Waals surface area contributed by atoms with Gasteiger partial charge in [0.05, 0.1) is 30.8 Å². The van der Waals surface area contributed by atoms with Crippen molar-refractivity contribution in [1.29, 1.82) is 0 Å². The highest BCUT2D eigenvalue weighted by Gasteiger charge is 2.75. The van der Waals surface area contributed by atoms with E-state index in [2.05, 4.69) is 21.8 Å². The van der Waals surface area contributed by atoms with Crippen molar-refractivity contribution in [3.63, 3.8) is 0 Å². The minimum absolute atomic E-state index is 0.0873. The summed E-state index contributed by atoms with van der Waals surface area (Å²) in [6.07, 6.45) is -7.04. The van der Waals surface area contributed by atoms with E-state index in [1.165, 1.54) is 19.2 Å². The first-order valence-electron chi connectivity index (χ1n) is 22.4. The number of pyridine rings is 1. The number of benzene rings is 1. The number of amides is 1. The molecule has 2 saturated carbocycles. The molecule has 3 aliphatic heterocycles. The van der Waals surface area contributed by atoms with Crippen LogP contribution in [0.2, 0.25) is 0 Å². The number of carbonyl (C=O) groups excluding carboxylic acids is 4. The van der Waals surface area contributed by atoms with Gasteiger partial charge in [-0.15, -0.1) is 0 Å². The first-order chi connectivity index (χ1) is 31.2. The van der Waals surface area contributed by atoms with E-state index in [0.29, 0.717) is 37.1 Å². The van der Waals surface area contributed by atoms with Crippen molar-refractivity contribution in [2.45, 2.75) is 139 Å². The highest BCUT2D eigenvalue weighted by molar-refractivity contribution is 5.89. The van der Waals surface area contributed by atoms with Crippen molar-refractivity contribution in [3.05, 3.63) is 89.0 Å². The molecule has 1 aromatic carbocycles. The van der Waals surface area contributed by atoms with Crippen LogP contribution in [-0.4, -0.2) is 143 Å². The molecule has 8 rings (SSSR count). The molecule has 3 saturated heterocycles. The number of alkyl carbamates (subject to hydrolysis) is 1. The molecular formula is C48H60FN3O14. The fourth-order valence-corrected chi connectivity index (χ4v) is 11.0. The number of likely N-dealkylation sites (tertiary alicyclic amines) is 1. The maximum atomic E-state index is 15.4. The van der Waals surface area contributed by atoms with E-state index in [-0.39, 0.29) is 23.8 Å². The minimum atomic E-state index is -2.28. The van der Waals surface area contributed by atoms with Gasteiger partial charge in [-0.3, -0.25) is 14.7 Å². The molecule has 3 N–H and O–H groups in total. The van der Waals surface area contributed by atoms with Crippen LogP contribution in [0.3, 0.4) is 0 Å². The van der Waals surface area contributed by atoms with Crippen LogP contribution in [0, 0.1) is 17.2 Å². The second kappa shape index (κ2) is 18.0. The second-order valence-corrected chi connectivity index (χ2v) is 19.6. The van der Waals surface area contributed by atoms with Gasteiger partial charge in [-0.25, -0.2) is 18.8 Å². The number of carbonyl (C=O) groups is 4. The molecule has 1 aromatic heterocycles. The van der Waals surface area contributed by atoms with E-state index in [0.717, 1.165) is 19.0 Å². The number of aliphatic hydroxyl groups is 2. The SMILES string of the molecule is C=C1C2=C(C)[C@@H](OC(=O)[C@H](O)[C@@H](NC(=O)OC(C)(C)C)c3ncccc3F)C[C@@]1(O)[C@@H](OC(=O)c1ccccc1)[C@H]1[C@@](C)(CC[C@H]3OC[C@]31OC(C)=O)[C@@H]1O[C@H](CN3CC[C@@H]3COC)O[C@H]21. The molecule has 2 bridgehead atoms. The van der Waals surface area contributed by atoms with E-state index in [1.807, 2.05) is 6.92 Å². The number of nitrogens with zero attached hydrogens (tertiary/aromatic N) is 2. The largest absolute Gasteiger partial charge is 0.456 e. The van der Waals surface area contributed by atoms with Crippen LogP contribution >= 0.6 is 0 Å². The normalized spacial score (nSPS) is 34.7. The molecule has 0 unspecified atom stereocenters. The summed E-state index contributed by atoms with van der Waals surface area (Å²) in [5.74, 6) is -4.70. The molecule has 0 radical (unpaired) electrons. The first kappa shape index (κ1) is 47.7. The van der Waals surface area contributed by atoms with Gasteiger partial charge in [0.15, 0.2) is 18.0 Å². The zero-order valence-electron chi connectivity index (χ0n) is 38.3. The van der Waals surface area contributed by atoms with Crippen molar-refractivity contribution in [2.75, 3.05) is 33.4 Å². The predicted molar refractivity (Wildman–Crippen MR) is 230 cm³/mol.